The van der Waals surface area contributed by atoms with Crippen molar-refractivity contribution in [2.24, 2.45) is 0 Å². The molecule has 0 saturated heterocycles. The Hall–Kier alpha value is -6.05. The second kappa shape index (κ2) is 16.0. The summed E-state index contributed by atoms with van der Waals surface area (Å²) < 4.78 is 75.6. The average molecular weight is 765 g/mol. The highest BCUT2D eigenvalue weighted by Gasteiger charge is 2.33. The predicted molar refractivity (Wildman–Crippen MR) is 211 cm³/mol. The molecule has 0 amide bonds. The van der Waals surface area contributed by atoms with Crippen LogP contribution in [0.1, 0.15) is 83.5 Å². The van der Waals surface area contributed by atoms with Crippen molar-refractivity contribution in [2.45, 2.75) is 88.5 Å². The Balaban J connectivity index is 0.000000221. The van der Waals surface area contributed by atoms with Crippen LogP contribution in [0.15, 0.2) is 54.6 Å². The summed E-state index contributed by atoms with van der Waals surface area (Å²) in [6.45, 7) is 30.5. The number of hydrogen-bond acceptors (Lipinski definition) is 2. The minimum absolute atomic E-state index is 0.0259. The molecule has 56 heavy (non-hydrogen) atoms. The van der Waals surface area contributed by atoms with Crippen molar-refractivity contribution in [3.8, 4) is 17.8 Å². The average Bonchev–Trinajstić information content (AvgIpc) is 3.50. The molecule has 0 bridgehead atoms. The zero-order valence-corrected chi connectivity index (χ0v) is 33.3. The number of fused-ring (bicyclic) bond motifs is 3. The lowest BCUT2D eigenvalue weighted by Crippen LogP contribution is -2.07. The highest BCUT2D eigenvalue weighted by atomic mass is 19.4. The van der Waals surface area contributed by atoms with Crippen molar-refractivity contribution >= 4 is 27.5 Å². The lowest BCUT2D eigenvalue weighted by molar-refractivity contribution is -0.138. The molecule has 0 fully saturated rings. The van der Waals surface area contributed by atoms with Gasteiger partial charge in [0, 0.05) is 16.5 Å². The van der Waals surface area contributed by atoms with Crippen LogP contribution in [0.2, 0.25) is 0 Å². The first kappa shape index (κ1) is 42.7. The molecule has 6 aromatic rings. The molecule has 0 saturated carbocycles. The van der Waals surface area contributed by atoms with E-state index in [-0.39, 0.29) is 16.7 Å². The molecule has 0 radical (unpaired) electrons. The molecule has 0 aliphatic carbocycles. The standard InChI is InChI=1S/C28H30N2.2C9H6F3N/c1-14-13-23(29-10)11-12-24(14)30-27-21(8)17(4)15(2)19(6)25(27)26-20(7)16(3)18(5)22(9)28(26)30;1-6-2-3-8(9(10,11)12)4-7(6)5-13;1-6-2-3-7(5-13)4-8(6)9(10,11)12/h11-13H,1-9H3;2*2-4H,1H3. The third-order valence-corrected chi connectivity index (χ3v) is 10.9. The SMILES string of the molecule is Cc1ccc(C#N)cc1C(F)(F)F.Cc1ccc(C(F)(F)F)cc1C#N.[C-]#[N+]c1ccc(-n2c3c(C)c(C)c(C)c(C)c3c3c(C)c(C)c(C)c(C)c32)c(C)c1. The fourth-order valence-electron chi connectivity index (χ4n) is 6.98. The number of benzene rings is 5. The number of aryl methyl sites for hydroxylation is 7. The summed E-state index contributed by atoms with van der Waals surface area (Å²) >= 11 is 0. The number of nitrogens with zero attached hydrogens (tertiary/aromatic N) is 4. The summed E-state index contributed by atoms with van der Waals surface area (Å²) in [5, 5.41) is 19.6. The second-order valence-corrected chi connectivity index (χ2v) is 14.1. The van der Waals surface area contributed by atoms with Gasteiger partial charge in [0.25, 0.3) is 0 Å². The third kappa shape index (κ3) is 8.00. The maximum absolute atomic E-state index is 12.3. The number of halogens is 6. The van der Waals surface area contributed by atoms with Crippen LogP contribution in [-0.4, -0.2) is 4.57 Å². The second-order valence-electron chi connectivity index (χ2n) is 14.1. The molecule has 4 nitrogen and oxygen atoms in total. The van der Waals surface area contributed by atoms with Crippen molar-refractivity contribution in [1.82, 2.24) is 4.57 Å². The van der Waals surface area contributed by atoms with Crippen molar-refractivity contribution in [3.05, 3.63) is 149 Å². The van der Waals surface area contributed by atoms with Gasteiger partial charge in [0.2, 0.25) is 0 Å². The van der Waals surface area contributed by atoms with Crippen LogP contribution in [0.3, 0.4) is 0 Å². The fourth-order valence-corrected chi connectivity index (χ4v) is 6.98. The first-order valence-electron chi connectivity index (χ1n) is 17.7. The Bertz CT molecular complexity index is 2580. The van der Waals surface area contributed by atoms with Gasteiger partial charge < -0.3 is 4.57 Å². The fraction of sp³-hybridized carbons (Fsp3) is 0.283. The number of nitriles is 2. The van der Waals surface area contributed by atoms with Crippen molar-refractivity contribution in [1.29, 1.82) is 10.5 Å². The van der Waals surface area contributed by atoms with Gasteiger partial charge in [-0.3, -0.25) is 0 Å². The van der Waals surface area contributed by atoms with Crippen LogP contribution in [0.5, 0.6) is 0 Å². The predicted octanol–water partition coefficient (Wildman–Crippen LogP) is 13.9. The van der Waals surface area contributed by atoms with Gasteiger partial charge in [-0.2, -0.15) is 36.9 Å². The Morgan fingerprint density at radius 3 is 1.46 bits per heavy atom. The maximum Gasteiger partial charge on any atom is 0.416 e. The van der Waals surface area contributed by atoms with E-state index >= 15 is 0 Å². The molecule has 288 valence electrons. The number of rotatable bonds is 1. The molecule has 0 spiro atoms. The van der Waals surface area contributed by atoms with Crippen LogP contribution in [0.25, 0.3) is 32.3 Å². The summed E-state index contributed by atoms with van der Waals surface area (Å²) in [5.41, 5.74) is 15.8. The van der Waals surface area contributed by atoms with Crippen molar-refractivity contribution < 1.29 is 26.3 Å². The molecule has 1 aromatic heterocycles. The molecule has 1 heterocycles. The molecular weight excluding hydrogens is 723 g/mol. The molecule has 0 aliphatic rings. The van der Waals surface area contributed by atoms with Crippen LogP contribution in [0.4, 0.5) is 32.0 Å². The minimum atomic E-state index is -4.38. The molecule has 10 heteroatoms. The summed E-state index contributed by atoms with van der Waals surface area (Å²) in [5.74, 6) is 0. The molecule has 0 atom stereocenters. The normalized spacial score (nSPS) is 11.2. The van der Waals surface area contributed by atoms with E-state index in [1.54, 1.807) is 19.1 Å². The van der Waals surface area contributed by atoms with E-state index < -0.39 is 23.5 Å². The molecule has 0 unspecified atom stereocenters. The lowest BCUT2D eigenvalue weighted by atomic mass is 9.90. The van der Waals surface area contributed by atoms with Gasteiger partial charge in [-0.1, -0.05) is 24.3 Å². The molecular formula is C46H42F6N4. The van der Waals surface area contributed by atoms with Gasteiger partial charge in [0.05, 0.1) is 52.0 Å². The largest absolute Gasteiger partial charge is 0.416 e. The molecule has 0 aliphatic heterocycles. The summed E-state index contributed by atoms with van der Waals surface area (Å²) in [6.07, 6.45) is -8.75. The van der Waals surface area contributed by atoms with E-state index in [1.165, 1.54) is 97.1 Å². The molecule has 5 aromatic carbocycles. The first-order valence-corrected chi connectivity index (χ1v) is 17.7. The minimum Gasteiger partial charge on any atom is -0.309 e. The Labute approximate surface area is 324 Å². The highest BCUT2D eigenvalue weighted by molar-refractivity contribution is 6.15. The number of hydrogen-bond donors (Lipinski definition) is 0. The summed E-state index contributed by atoms with van der Waals surface area (Å²) in [6, 6.07) is 16.1. The van der Waals surface area contributed by atoms with E-state index in [2.05, 4.69) is 77.8 Å². The van der Waals surface area contributed by atoms with Gasteiger partial charge in [0.15, 0.2) is 5.69 Å². The van der Waals surface area contributed by atoms with Crippen molar-refractivity contribution in [2.75, 3.05) is 0 Å². The first-order chi connectivity index (χ1) is 26.0. The van der Waals surface area contributed by atoms with Gasteiger partial charge in [0.1, 0.15) is 0 Å². The maximum atomic E-state index is 12.3. The monoisotopic (exact) mass is 764 g/mol. The number of aromatic nitrogens is 1. The molecule has 6 rings (SSSR count). The van der Waals surface area contributed by atoms with Crippen LogP contribution in [-0.2, 0) is 12.4 Å². The smallest absolute Gasteiger partial charge is 0.309 e. The molecule has 0 N–H and O–H groups in total. The van der Waals surface area contributed by atoms with E-state index in [1.807, 2.05) is 12.1 Å². The highest BCUT2D eigenvalue weighted by Crippen LogP contribution is 2.44. The van der Waals surface area contributed by atoms with Gasteiger partial charge >= 0.3 is 12.4 Å². The van der Waals surface area contributed by atoms with E-state index in [4.69, 9.17) is 17.1 Å². The zero-order valence-electron chi connectivity index (χ0n) is 33.3. The summed E-state index contributed by atoms with van der Waals surface area (Å²) in [4.78, 5) is 3.63. The van der Waals surface area contributed by atoms with Gasteiger partial charge in [-0.25, -0.2) is 4.85 Å². The quantitative estimate of drug-likeness (QED) is 0.124. The van der Waals surface area contributed by atoms with Gasteiger partial charge in [-0.15, -0.1) is 0 Å². The lowest BCUT2D eigenvalue weighted by Gasteiger charge is -2.17. The Morgan fingerprint density at radius 2 is 1.04 bits per heavy atom. The number of alkyl halides is 6. The third-order valence-electron chi connectivity index (χ3n) is 10.9. The van der Waals surface area contributed by atoms with E-state index in [0.29, 0.717) is 11.3 Å². The van der Waals surface area contributed by atoms with Crippen LogP contribution < -0.4 is 0 Å². The van der Waals surface area contributed by atoms with E-state index in [9.17, 15) is 26.3 Å². The topological polar surface area (TPSA) is 56.9 Å². The van der Waals surface area contributed by atoms with Crippen LogP contribution in [0, 0.1) is 105 Å². The van der Waals surface area contributed by atoms with Crippen molar-refractivity contribution in [3.63, 3.8) is 0 Å². The Morgan fingerprint density at radius 1 is 0.536 bits per heavy atom. The van der Waals surface area contributed by atoms with Gasteiger partial charge in [-0.05, 0) is 168 Å². The van der Waals surface area contributed by atoms with E-state index in [0.717, 1.165) is 23.8 Å². The summed E-state index contributed by atoms with van der Waals surface area (Å²) in [7, 11) is 0. The van der Waals surface area contributed by atoms with Crippen LogP contribution >= 0.6 is 0 Å². The zero-order chi connectivity index (χ0) is 42.2. The Kier molecular flexibility index (Phi) is 12.2.